The number of nitrogens with zero attached hydrogens (tertiary/aromatic N) is 2. The standard InChI is InChI=1S/C40H26N2O/c1-3-11-27(12-4-1)29-21-23-30(24-22-29)32-16-10-18-34(26-32)39-41-38(37-35-19-7-8-20-36(35)43-40(37)42-39)33-17-9-15-31(25-33)28-13-5-2-6-14-28/h1-26H. The second-order valence-corrected chi connectivity index (χ2v) is 10.6. The lowest BCUT2D eigenvalue weighted by Gasteiger charge is -2.10. The minimum Gasteiger partial charge on any atom is -0.438 e. The summed E-state index contributed by atoms with van der Waals surface area (Å²) in [7, 11) is 0. The Morgan fingerprint density at radius 2 is 0.860 bits per heavy atom. The minimum atomic E-state index is 0.587. The predicted molar refractivity (Wildman–Crippen MR) is 176 cm³/mol. The topological polar surface area (TPSA) is 38.9 Å². The largest absolute Gasteiger partial charge is 0.438 e. The monoisotopic (exact) mass is 550 g/mol. The van der Waals surface area contributed by atoms with Crippen molar-refractivity contribution in [2.45, 2.75) is 0 Å². The van der Waals surface area contributed by atoms with Gasteiger partial charge in [-0.25, -0.2) is 4.98 Å². The molecule has 0 fully saturated rings. The normalized spacial score (nSPS) is 11.3. The van der Waals surface area contributed by atoms with Crippen molar-refractivity contribution in [2.24, 2.45) is 0 Å². The van der Waals surface area contributed by atoms with Crippen molar-refractivity contribution in [1.82, 2.24) is 9.97 Å². The number of rotatable bonds is 5. The average Bonchev–Trinajstić information content (AvgIpc) is 3.47. The molecule has 0 radical (unpaired) electrons. The second kappa shape index (κ2) is 10.6. The summed E-state index contributed by atoms with van der Waals surface area (Å²) in [5.74, 6) is 0.634. The van der Waals surface area contributed by atoms with Crippen LogP contribution < -0.4 is 0 Å². The van der Waals surface area contributed by atoms with Crippen LogP contribution in [0.3, 0.4) is 0 Å². The summed E-state index contributed by atoms with van der Waals surface area (Å²) in [5.41, 5.74) is 11.2. The van der Waals surface area contributed by atoms with Crippen molar-refractivity contribution in [3.05, 3.63) is 158 Å². The Labute approximate surface area is 249 Å². The van der Waals surface area contributed by atoms with Crippen molar-refractivity contribution in [1.29, 1.82) is 0 Å². The van der Waals surface area contributed by atoms with Crippen LogP contribution in [0.2, 0.25) is 0 Å². The average molecular weight is 551 g/mol. The van der Waals surface area contributed by atoms with Gasteiger partial charge in [-0.2, -0.15) is 4.98 Å². The Kier molecular flexibility index (Phi) is 6.12. The molecule has 0 amide bonds. The van der Waals surface area contributed by atoms with Gasteiger partial charge in [0.2, 0.25) is 5.71 Å². The van der Waals surface area contributed by atoms with E-state index in [4.69, 9.17) is 14.4 Å². The highest BCUT2D eigenvalue weighted by atomic mass is 16.3. The molecule has 43 heavy (non-hydrogen) atoms. The van der Waals surface area contributed by atoms with Gasteiger partial charge in [0.1, 0.15) is 5.58 Å². The van der Waals surface area contributed by atoms with Crippen molar-refractivity contribution >= 4 is 22.1 Å². The van der Waals surface area contributed by atoms with Gasteiger partial charge in [-0.3, -0.25) is 0 Å². The van der Waals surface area contributed by atoms with Crippen LogP contribution >= 0.6 is 0 Å². The number of para-hydroxylation sites is 1. The summed E-state index contributed by atoms with van der Waals surface area (Å²) in [4.78, 5) is 10.2. The van der Waals surface area contributed by atoms with Gasteiger partial charge in [0, 0.05) is 16.5 Å². The van der Waals surface area contributed by atoms with Crippen LogP contribution in [0, 0.1) is 0 Å². The molecule has 8 rings (SSSR count). The maximum absolute atomic E-state index is 6.31. The first kappa shape index (κ1) is 25.0. The highest BCUT2D eigenvalue weighted by Crippen LogP contribution is 2.38. The first-order chi connectivity index (χ1) is 21.3. The second-order valence-electron chi connectivity index (χ2n) is 10.6. The third kappa shape index (κ3) is 4.67. The van der Waals surface area contributed by atoms with Crippen molar-refractivity contribution < 1.29 is 4.42 Å². The van der Waals surface area contributed by atoms with E-state index in [1.54, 1.807) is 0 Å². The van der Waals surface area contributed by atoms with E-state index in [0.717, 1.165) is 55.4 Å². The summed E-state index contributed by atoms with van der Waals surface area (Å²) >= 11 is 0. The maximum atomic E-state index is 6.31. The van der Waals surface area contributed by atoms with Gasteiger partial charge in [0.25, 0.3) is 0 Å². The molecule has 0 saturated heterocycles. The molecule has 0 bridgehead atoms. The molecule has 0 saturated carbocycles. The Morgan fingerprint density at radius 1 is 0.372 bits per heavy atom. The number of aromatic nitrogens is 2. The molecule has 0 atom stereocenters. The fraction of sp³-hybridized carbons (Fsp3) is 0. The number of furan rings is 1. The zero-order valence-corrected chi connectivity index (χ0v) is 23.3. The number of hydrogen-bond donors (Lipinski definition) is 0. The first-order valence-electron chi connectivity index (χ1n) is 14.4. The fourth-order valence-electron chi connectivity index (χ4n) is 5.76. The molecule has 0 spiro atoms. The van der Waals surface area contributed by atoms with Crippen LogP contribution in [0.1, 0.15) is 0 Å². The van der Waals surface area contributed by atoms with Crippen molar-refractivity contribution in [3.8, 4) is 56.0 Å². The number of hydrogen-bond acceptors (Lipinski definition) is 3. The SMILES string of the molecule is c1ccc(-c2ccc(-c3cccc(-c4nc(-c5cccc(-c6ccccc6)c5)c5c(n4)oc4ccccc45)c3)cc2)cc1. The molecule has 0 N–H and O–H groups in total. The van der Waals surface area contributed by atoms with Crippen LogP contribution in [0.4, 0.5) is 0 Å². The molecule has 6 aromatic carbocycles. The highest BCUT2D eigenvalue weighted by Gasteiger charge is 2.18. The minimum absolute atomic E-state index is 0.587. The molecule has 3 nitrogen and oxygen atoms in total. The van der Waals surface area contributed by atoms with E-state index < -0.39 is 0 Å². The fourth-order valence-corrected chi connectivity index (χ4v) is 5.76. The Hall–Kier alpha value is -5.80. The predicted octanol–water partition coefficient (Wildman–Crippen LogP) is 10.7. The summed E-state index contributed by atoms with van der Waals surface area (Å²) in [6.45, 7) is 0. The van der Waals surface area contributed by atoms with Crippen LogP contribution in [0.25, 0.3) is 78.1 Å². The lowest BCUT2D eigenvalue weighted by molar-refractivity contribution is 0.653. The third-order valence-corrected chi connectivity index (χ3v) is 7.93. The van der Waals surface area contributed by atoms with Gasteiger partial charge in [0.15, 0.2) is 5.82 Å². The maximum Gasteiger partial charge on any atom is 0.231 e. The van der Waals surface area contributed by atoms with E-state index >= 15 is 0 Å². The van der Waals surface area contributed by atoms with Crippen molar-refractivity contribution in [2.75, 3.05) is 0 Å². The van der Waals surface area contributed by atoms with Gasteiger partial charge in [-0.1, -0.05) is 140 Å². The molecular weight excluding hydrogens is 524 g/mol. The molecule has 8 aromatic rings. The molecule has 3 heteroatoms. The number of benzene rings is 6. The molecule has 202 valence electrons. The lowest BCUT2D eigenvalue weighted by atomic mass is 9.98. The Bertz CT molecular complexity index is 2220. The lowest BCUT2D eigenvalue weighted by Crippen LogP contribution is -1.94. The smallest absolute Gasteiger partial charge is 0.231 e. The van der Waals surface area contributed by atoms with E-state index in [-0.39, 0.29) is 0 Å². The molecule has 0 unspecified atom stereocenters. The molecule has 0 aliphatic heterocycles. The summed E-state index contributed by atoms with van der Waals surface area (Å²) in [5, 5.41) is 1.94. The van der Waals surface area contributed by atoms with Crippen LogP contribution in [-0.4, -0.2) is 9.97 Å². The molecule has 0 aliphatic carbocycles. The first-order valence-corrected chi connectivity index (χ1v) is 14.4. The van der Waals surface area contributed by atoms with Crippen LogP contribution in [0.5, 0.6) is 0 Å². The zero-order chi connectivity index (χ0) is 28.6. The Balaban J connectivity index is 1.26. The summed E-state index contributed by atoms with van der Waals surface area (Å²) in [6, 6.07) is 54.6. The van der Waals surface area contributed by atoms with Gasteiger partial charge in [0.05, 0.1) is 11.1 Å². The van der Waals surface area contributed by atoms with Gasteiger partial charge in [-0.05, 0) is 51.6 Å². The molecular formula is C40H26N2O. The molecule has 2 aromatic heterocycles. The van der Waals surface area contributed by atoms with E-state index in [2.05, 4.69) is 127 Å². The van der Waals surface area contributed by atoms with Gasteiger partial charge in [-0.15, -0.1) is 0 Å². The zero-order valence-electron chi connectivity index (χ0n) is 23.3. The molecule has 2 heterocycles. The van der Waals surface area contributed by atoms with E-state index in [1.807, 2.05) is 30.3 Å². The van der Waals surface area contributed by atoms with Crippen LogP contribution in [-0.2, 0) is 0 Å². The Morgan fingerprint density at radius 3 is 1.56 bits per heavy atom. The van der Waals surface area contributed by atoms with E-state index in [1.165, 1.54) is 11.1 Å². The van der Waals surface area contributed by atoms with Gasteiger partial charge < -0.3 is 4.42 Å². The molecule has 0 aliphatic rings. The van der Waals surface area contributed by atoms with Gasteiger partial charge >= 0.3 is 0 Å². The summed E-state index contributed by atoms with van der Waals surface area (Å²) in [6.07, 6.45) is 0. The van der Waals surface area contributed by atoms with E-state index in [9.17, 15) is 0 Å². The number of fused-ring (bicyclic) bond motifs is 3. The quantitative estimate of drug-likeness (QED) is 0.214. The van der Waals surface area contributed by atoms with Crippen LogP contribution in [0.15, 0.2) is 162 Å². The summed E-state index contributed by atoms with van der Waals surface area (Å²) < 4.78 is 6.31. The third-order valence-electron chi connectivity index (χ3n) is 7.93. The van der Waals surface area contributed by atoms with Crippen molar-refractivity contribution in [3.63, 3.8) is 0 Å². The highest BCUT2D eigenvalue weighted by molar-refractivity contribution is 6.10. The van der Waals surface area contributed by atoms with E-state index in [0.29, 0.717) is 11.5 Å².